The maximum Gasteiger partial charge on any atom is 0.448 e. The second-order valence-electron chi connectivity index (χ2n) is 5.98. The summed E-state index contributed by atoms with van der Waals surface area (Å²) in [6.45, 7) is 6.08. The summed E-state index contributed by atoms with van der Waals surface area (Å²) in [6.07, 6.45) is 4.24. The molecule has 1 aliphatic heterocycles. The Morgan fingerprint density at radius 3 is 2.27 bits per heavy atom. The molecule has 0 spiro atoms. The minimum atomic E-state index is -1.17. The van der Waals surface area contributed by atoms with Gasteiger partial charge in [0.25, 0.3) is 0 Å². The summed E-state index contributed by atoms with van der Waals surface area (Å²) < 4.78 is 0. The van der Waals surface area contributed by atoms with Gasteiger partial charge in [-0.05, 0) is 52.1 Å². The SMILES string of the molecule is CB(O)O.CCCCC(N)(C(=O)O)C1CCN(CNC)CC1. The minimum Gasteiger partial charge on any atom is -0.480 e. The van der Waals surface area contributed by atoms with E-state index in [1.165, 1.54) is 6.82 Å². The number of hydrogen-bond acceptors (Lipinski definition) is 6. The second-order valence-corrected chi connectivity index (χ2v) is 5.98. The number of nitrogens with one attached hydrogen (secondary N) is 1. The number of hydrogen-bond donors (Lipinski definition) is 5. The molecule has 8 heteroatoms. The smallest absolute Gasteiger partial charge is 0.448 e. The average molecular weight is 317 g/mol. The van der Waals surface area contributed by atoms with Gasteiger partial charge in [-0.2, -0.15) is 0 Å². The van der Waals surface area contributed by atoms with E-state index in [9.17, 15) is 9.90 Å². The first-order valence-electron chi connectivity index (χ1n) is 8.03. The summed E-state index contributed by atoms with van der Waals surface area (Å²) in [5.41, 5.74) is 5.16. The van der Waals surface area contributed by atoms with Gasteiger partial charge in [0.05, 0.1) is 0 Å². The van der Waals surface area contributed by atoms with Crippen molar-refractivity contribution in [1.82, 2.24) is 10.2 Å². The predicted octanol–water partition coefficient (Wildman–Crippen LogP) is -0.0634. The zero-order valence-corrected chi connectivity index (χ0v) is 14.1. The number of nitrogens with zero attached hydrogens (tertiary/aromatic N) is 1. The molecule has 22 heavy (non-hydrogen) atoms. The van der Waals surface area contributed by atoms with E-state index in [1.807, 2.05) is 7.05 Å². The molecule has 0 amide bonds. The third-order valence-corrected chi connectivity index (χ3v) is 4.04. The van der Waals surface area contributed by atoms with Crippen molar-refractivity contribution in [2.45, 2.75) is 51.4 Å². The maximum absolute atomic E-state index is 11.5. The van der Waals surface area contributed by atoms with Gasteiger partial charge < -0.3 is 26.2 Å². The lowest BCUT2D eigenvalue weighted by molar-refractivity contribution is -0.147. The Morgan fingerprint density at radius 1 is 1.41 bits per heavy atom. The number of likely N-dealkylation sites (tertiary alicyclic amines) is 1. The third kappa shape index (κ3) is 7.55. The normalized spacial score (nSPS) is 19.0. The fourth-order valence-electron chi connectivity index (χ4n) is 2.78. The molecule has 6 N–H and O–H groups in total. The highest BCUT2D eigenvalue weighted by Gasteiger charge is 2.42. The molecule has 0 aromatic carbocycles. The van der Waals surface area contributed by atoms with E-state index in [1.54, 1.807) is 0 Å². The molecular weight excluding hydrogens is 285 g/mol. The summed E-state index contributed by atoms with van der Waals surface area (Å²) in [6, 6.07) is 0. The van der Waals surface area contributed by atoms with Gasteiger partial charge in [0, 0.05) is 6.67 Å². The highest BCUT2D eigenvalue weighted by atomic mass is 16.4. The van der Waals surface area contributed by atoms with Crippen LogP contribution in [0.1, 0.15) is 39.0 Å². The first-order valence-corrected chi connectivity index (χ1v) is 8.03. The molecule has 1 unspecified atom stereocenters. The van der Waals surface area contributed by atoms with Gasteiger partial charge in [0.2, 0.25) is 0 Å². The van der Waals surface area contributed by atoms with Gasteiger partial charge in [-0.25, -0.2) is 0 Å². The van der Waals surface area contributed by atoms with Gasteiger partial charge in [-0.3, -0.25) is 9.69 Å². The molecule has 0 aliphatic carbocycles. The van der Waals surface area contributed by atoms with E-state index in [0.29, 0.717) is 6.42 Å². The predicted molar refractivity (Wildman–Crippen MR) is 88.4 cm³/mol. The van der Waals surface area contributed by atoms with Crippen LogP contribution in [0.2, 0.25) is 6.82 Å². The molecule has 0 radical (unpaired) electrons. The molecule has 1 aliphatic rings. The molecule has 1 atom stereocenters. The summed E-state index contributed by atoms with van der Waals surface area (Å²) in [4.78, 5) is 13.8. The quantitative estimate of drug-likeness (QED) is 0.417. The van der Waals surface area contributed by atoms with Crippen LogP contribution in [0, 0.1) is 5.92 Å². The van der Waals surface area contributed by atoms with Crippen molar-refractivity contribution in [2.24, 2.45) is 11.7 Å². The summed E-state index contributed by atoms with van der Waals surface area (Å²) >= 11 is 0. The number of carboxylic acid groups (broad SMARTS) is 1. The molecular formula is C14H32BN3O4. The van der Waals surface area contributed by atoms with Gasteiger partial charge in [-0.15, -0.1) is 0 Å². The minimum absolute atomic E-state index is 0.106. The maximum atomic E-state index is 11.5. The number of rotatable bonds is 7. The zero-order chi connectivity index (χ0) is 17.2. The van der Waals surface area contributed by atoms with Crippen molar-refractivity contribution >= 4 is 13.1 Å². The second kappa shape index (κ2) is 11.0. The van der Waals surface area contributed by atoms with Crippen molar-refractivity contribution in [3.8, 4) is 0 Å². The standard InChI is InChI=1S/C13H27N3O2.CH5BO2/c1-3-4-7-13(14,12(17)18)11-5-8-16(9-6-11)10-15-2;1-2(3)4/h11,15H,3-10,14H2,1-2H3,(H,17,18);3-4H,1H3. The van der Waals surface area contributed by atoms with E-state index in [2.05, 4.69) is 17.1 Å². The molecule has 130 valence electrons. The Morgan fingerprint density at radius 2 is 1.91 bits per heavy atom. The largest absolute Gasteiger partial charge is 0.480 e. The van der Waals surface area contributed by atoms with Crippen molar-refractivity contribution in [1.29, 1.82) is 0 Å². The lowest BCUT2D eigenvalue weighted by Gasteiger charge is -2.40. The van der Waals surface area contributed by atoms with Crippen LogP contribution in [0.25, 0.3) is 0 Å². The van der Waals surface area contributed by atoms with E-state index in [0.717, 1.165) is 45.4 Å². The average Bonchev–Trinajstić information content (AvgIpc) is 2.45. The molecule has 1 rings (SSSR count). The Bertz CT molecular complexity index is 310. The number of piperidine rings is 1. The molecule has 1 fully saturated rings. The third-order valence-electron chi connectivity index (χ3n) is 4.04. The van der Waals surface area contributed by atoms with Crippen LogP contribution in [-0.4, -0.2) is 65.5 Å². The van der Waals surface area contributed by atoms with Crippen LogP contribution in [0.5, 0.6) is 0 Å². The Hall–Kier alpha value is -0.665. The fraction of sp³-hybridized carbons (Fsp3) is 0.929. The zero-order valence-electron chi connectivity index (χ0n) is 14.1. The first kappa shape index (κ1) is 21.3. The lowest BCUT2D eigenvalue weighted by Crippen LogP contribution is -2.57. The van der Waals surface area contributed by atoms with E-state index in [4.69, 9.17) is 15.8 Å². The summed E-state index contributed by atoms with van der Waals surface area (Å²) in [5, 5.41) is 27.8. The van der Waals surface area contributed by atoms with Crippen molar-refractivity contribution < 1.29 is 19.9 Å². The Labute approximate surface area is 134 Å². The number of carboxylic acids is 1. The molecule has 0 aromatic heterocycles. The molecule has 0 saturated carbocycles. The van der Waals surface area contributed by atoms with Crippen molar-refractivity contribution in [3.63, 3.8) is 0 Å². The summed E-state index contributed by atoms with van der Waals surface area (Å²) in [5.74, 6) is -0.724. The van der Waals surface area contributed by atoms with Crippen LogP contribution in [0.4, 0.5) is 0 Å². The van der Waals surface area contributed by atoms with E-state index < -0.39 is 18.6 Å². The number of aliphatic carboxylic acids is 1. The van der Waals surface area contributed by atoms with Crippen molar-refractivity contribution in [3.05, 3.63) is 0 Å². The molecule has 0 bridgehead atoms. The van der Waals surface area contributed by atoms with Gasteiger partial charge in [-0.1, -0.05) is 19.8 Å². The Kier molecular flexibility index (Phi) is 10.6. The number of unbranched alkanes of at least 4 members (excludes halogenated alkanes) is 1. The van der Waals surface area contributed by atoms with E-state index in [-0.39, 0.29) is 5.92 Å². The topological polar surface area (TPSA) is 119 Å². The highest BCUT2D eigenvalue weighted by molar-refractivity contribution is 6.38. The van der Waals surface area contributed by atoms with Crippen LogP contribution < -0.4 is 11.1 Å². The summed E-state index contributed by atoms with van der Waals surface area (Å²) in [7, 11) is 0.762. The van der Waals surface area contributed by atoms with E-state index >= 15 is 0 Å². The van der Waals surface area contributed by atoms with Crippen LogP contribution in [0.3, 0.4) is 0 Å². The van der Waals surface area contributed by atoms with Gasteiger partial charge in [0.15, 0.2) is 0 Å². The van der Waals surface area contributed by atoms with Crippen LogP contribution in [-0.2, 0) is 4.79 Å². The van der Waals surface area contributed by atoms with Crippen LogP contribution >= 0.6 is 0 Å². The van der Waals surface area contributed by atoms with Gasteiger partial charge >= 0.3 is 13.1 Å². The molecule has 7 nitrogen and oxygen atoms in total. The van der Waals surface area contributed by atoms with Crippen molar-refractivity contribution in [2.75, 3.05) is 26.8 Å². The van der Waals surface area contributed by atoms with Gasteiger partial charge in [0.1, 0.15) is 5.54 Å². The first-order chi connectivity index (χ1) is 10.3. The lowest BCUT2D eigenvalue weighted by atomic mass is 9.75. The number of carbonyl (C=O) groups is 1. The Balaban J connectivity index is 0.000000980. The van der Waals surface area contributed by atoms with Crippen LogP contribution in [0.15, 0.2) is 0 Å². The molecule has 1 heterocycles. The monoisotopic (exact) mass is 317 g/mol. The fourth-order valence-corrected chi connectivity index (χ4v) is 2.78. The molecule has 0 aromatic rings. The highest BCUT2D eigenvalue weighted by Crippen LogP contribution is 2.30. The molecule has 1 saturated heterocycles. The number of nitrogens with two attached hydrogens (primary N) is 1.